The van der Waals surface area contributed by atoms with Gasteiger partial charge in [-0.15, -0.1) is 0 Å². The molecule has 0 spiro atoms. The molecule has 1 aliphatic rings. The number of nitrogens with zero attached hydrogens (tertiary/aromatic N) is 1. The third-order valence-corrected chi connectivity index (χ3v) is 3.82. The summed E-state index contributed by atoms with van der Waals surface area (Å²) in [6.07, 6.45) is 3.18. The number of fused-ring (bicyclic) bond motifs is 1. The first kappa shape index (κ1) is 12.4. The minimum absolute atomic E-state index is 0.0540. The van der Waals surface area contributed by atoms with Crippen molar-refractivity contribution in [1.82, 2.24) is 9.88 Å². The van der Waals surface area contributed by atoms with E-state index >= 15 is 0 Å². The molecular weight excluding hydrogens is 242 g/mol. The van der Waals surface area contributed by atoms with Crippen molar-refractivity contribution >= 4 is 11.1 Å². The van der Waals surface area contributed by atoms with Gasteiger partial charge < -0.3 is 15.5 Å². The molecule has 0 atom stereocenters. The van der Waals surface area contributed by atoms with Crippen LogP contribution in [-0.4, -0.2) is 23.2 Å². The summed E-state index contributed by atoms with van der Waals surface area (Å²) < 4.78 is 6.64. The first-order valence-electron chi connectivity index (χ1n) is 6.65. The van der Waals surface area contributed by atoms with Crippen LogP contribution in [0.5, 0.6) is 0 Å². The van der Waals surface area contributed by atoms with Crippen molar-refractivity contribution in [1.29, 1.82) is 0 Å². The van der Waals surface area contributed by atoms with Crippen LogP contribution in [0.25, 0.3) is 11.1 Å². The van der Waals surface area contributed by atoms with E-state index < -0.39 is 0 Å². The van der Waals surface area contributed by atoms with Gasteiger partial charge in [-0.25, -0.2) is 4.79 Å². The van der Waals surface area contributed by atoms with E-state index in [1.165, 1.54) is 10.1 Å². The van der Waals surface area contributed by atoms with Crippen molar-refractivity contribution in [2.45, 2.75) is 24.8 Å². The molecule has 2 aromatic rings. The van der Waals surface area contributed by atoms with Crippen LogP contribution >= 0.6 is 0 Å². The van der Waals surface area contributed by atoms with Gasteiger partial charge in [0, 0.05) is 19.1 Å². The predicted octanol–water partition coefficient (Wildman–Crippen LogP) is 0.755. The van der Waals surface area contributed by atoms with Crippen LogP contribution in [0, 0.1) is 0 Å². The third kappa shape index (κ3) is 2.57. The minimum atomic E-state index is -0.316. The summed E-state index contributed by atoms with van der Waals surface area (Å²) in [6, 6.07) is 5.87. The third-order valence-electron chi connectivity index (χ3n) is 3.82. The number of hydrogen-bond acceptors (Lipinski definition) is 4. The van der Waals surface area contributed by atoms with Gasteiger partial charge in [-0.2, -0.15) is 0 Å². The van der Waals surface area contributed by atoms with Gasteiger partial charge in [0.05, 0.1) is 5.52 Å². The van der Waals surface area contributed by atoms with E-state index in [4.69, 9.17) is 10.2 Å². The summed E-state index contributed by atoms with van der Waals surface area (Å²) in [5.74, 6) is -0.316. The van der Waals surface area contributed by atoms with E-state index in [1.807, 2.05) is 18.2 Å². The second-order valence-corrected chi connectivity index (χ2v) is 5.52. The molecule has 0 amide bonds. The van der Waals surface area contributed by atoms with E-state index in [-0.39, 0.29) is 11.3 Å². The molecule has 1 fully saturated rings. The van der Waals surface area contributed by atoms with Gasteiger partial charge in [0.2, 0.25) is 0 Å². The molecule has 0 saturated heterocycles. The van der Waals surface area contributed by atoms with Crippen LogP contribution in [0.2, 0.25) is 0 Å². The van der Waals surface area contributed by atoms with Crippen molar-refractivity contribution in [2.24, 2.45) is 12.8 Å². The normalized spacial score (nSPS) is 16.9. The first-order chi connectivity index (χ1) is 9.07. The molecule has 0 radical (unpaired) electrons. The monoisotopic (exact) mass is 261 g/mol. The molecule has 1 heterocycles. The van der Waals surface area contributed by atoms with Crippen LogP contribution in [0.4, 0.5) is 0 Å². The number of aryl methyl sites for hydroxylation is 1. The van der Waals surface area contributed by atoms with Gasteiger partial charge in [0.25, 0.3) is 0 Å². The fraction of sp³-hybridized carbons (Fsp3) is 0.500. The topological polar surface area (TPSA) is 73.2 Å². The van der Waals surface area contributed by atoms with Crippen LogP contribution in [0.3, 0.4) is 0 Å². The van der Waals surface area contributed by atoms with Gasteiger partial charge in [-0.05, 0) is 43.5 Å². The van der Waals surface area contributed by atoms with E-state index in [2.05, 4.69) is 5.32 Å². The molecule has 0 unspecified atom stereocenters. The quantitative estimate of drug-likeness (QED) is 0.779. The Morgan fingerprint density at radius 3 is 3.00 bits per heavy atom. The molecule has 102 valence electrons. The molecule has 0 bridgehead atoms. The van der Waals surface area contributed by atoms with Crippen LogP contribution in [0.15, 0.2) is 27.4 Å². The zero-order valence-corrected chi connectivity index (χ0v) is 11.1. The maximum atomic E-state index is 11.4. The van der Waals surface area contributed by atoms with E-state index in [0.29, 0.717) is 5.58 Å². The maximum absolute atomic E-state index is 11.4. The molecule has 1 aromatic heterocycles. The van der Waals surface area contributed by atoms with Gasteiger partial charge in [0.1, 0.15) is 0 Å². The largest absolute Gasteiger partial charge is 0.419 e. The van der Waals surface area contributed by atoms with Crippen molar-refractivity contribution in [3.05, 3.63) is 34.3 Å². The Balaban J connectivity index is 1.64. The number of rotatable bonds is 5. The molecule has 1 aliphatic carbocycles. The summed E-state index contributed by atoms with van der Waals surface area (Å²) in [7, 11) is 1.72. The Kier molecular flexibility index (Phi) is 2.95. The molecule has 3 rings (SSSR count). The predicted molar refractivity (Wildman–Crippen MR) is 74.2 cm³/mol. The van der Waals surface area contributed by atoms with Crippen molar-refractivity contribution in [3.63, 3.8) is 0 Å². The Hall–Kier alpha value is -1.59. The number of oxazole rings is 1. The standard InChI is InChI=1S/C14H19N3O2/c1-17-11-8-10(2-3-12(11)19-13(17)18)4-7-16-9-14(15)5-6-14/h2-3,8,16H,4-7,9,15H2,1H3. The number of nitrogens with one attached hydrogen (secondary N) is 1. The fourth-order valence-corrected chi connectivity index (χ4v) is 2.24. The van der Waals surface area contributed by atoms with E-state index in [9.17, 15) is 4.79 Å². The number of benzene rings is 1. The lowest BCUT2D eigenvalue weighted by Gasteiger charge is -2.10. The smallest absolute Gasteiger partial charge is 0.408 e. The zero-order valence-electron chi connectivity index (χ0n) is 11.1. The first-order valence-corrected chi connectivity index (χ1v) is 6.65. The van der Waals surface area contributed by atoms with Crippen LogP contribution in [0.1, 0.15) is 18.4 Å². The van der Waals surface area contributed by atoms with Gasteiger partial charge in [-0.3, -0.25) is 4.57 Å². The maximum Gasteiger partial charge on any atom is 0.419 e. The minimum Gasteiger partial charge on any atom is -0.408 e. The highest BCUT2D eigenvalue weighted by Gasteiger charge is 2.37. The Morgan fingerprint density at radius 2 is 2.26 bits per heavy atom. The SMILES string of the molecule is Cn1c(=O)oc2ccc(CCNCC3(N)CC3)cc21. The summed E-state index contributed by atoms with van der Waals surface area (Å²) >= 11 is 0. The van der Waals surface area contributed by atoms with Gasteiger partial charge in [-0.1, -0.05) is 6.07 Å². The summed E-state index contributed by atoms with van der Waals surface area (Å²) in [5.41, 5.74) is 8.75. The number of aromatic nitrogens is 1. The fourth-order valence-electron chi connectivity index (χ4n) is 2.24. The zero-order chi connectivity index (χ0) is 13.5. The second-order valence-electron chi connectivity index (χ2n) is 5.52. The summed E-state index contributed by atoms with van der Waals surface area (Å²) in [4.78, 5) is 11.4. The highest BCUT2D eigenvalue weighted by Crippen LogP contribution is 2.30. The van der Waals surface area contributed by atoms with Crippen molar-refractivity contribution in [2.75, 3.05) is 13.1 Å². The van der Waals surface area contributed by atoms with Crippen molar-refractivity contribution in [3.8, 4) is 0 Å². The highest BCUT2D eigenvalue weighted by atomic mass is 16.4. The summed E-state index contributed by atoms with van der Waals surface area (Å²) in [6.45, 7) is 1.79. The lowest BCUT2D eigenvalue weighted by Crippen LogP contribution is -2.36. The highest BCUT2D eigenvalue weighted by molar-refractivity contribution is 5.73. The Morgan fingerprint density at radius 1 is 1.47 bits per heavy atom. The van der Waals surface area contributed by atoms with Crippen LogP contribution in [-0.2, 0) is 13.5 Å². The van der Waals surface area contributed by atoms with Gasteiger partial charge >= 0.3 is 5.76 Å². The Bertz CT molecular complexity index is 652. The molecule has 0 aliphatic heterocycles. The van der Waals surface area contributed by atoms with Crippen LogP contribution < -0.4 is 16.8 Å². The van der Waals surface area contributed by atoms with E-state index in [1.54, 1.807) is 7.05 Å². The molecule has 1 saturated carbocycles. The molecule has 3 N–H and O–H groups in total. The Labute approximate surface area is 111 Å². The van der Waals surface area contributed by atoms with Crippen molar-refractivity contribution < 1.29 is 4.42 Å². The molecular formula is C14H19N3O2. The second kappa shape index (κ2) is 4.51. The number of nitrogens with two attached hydrogens (primary N) is 1. The average molecular weight is 261 g/mol. The molecule has 19 heavy (non-hydrogen) atoms. The van der Waals surface area contributed by atoms with E-state index in [0.717, 1.165) is 37.9 Å². The molecule has 5 nitrogen and oxygen atoms in total. The summed E-state index contributed by atoms with van der Waals surface area (Å²) in [5, 5.41) is 3.39. The number of hydrogen-bond donors (Lipinski definition) is 2. The average Bonchev–Trinajstić information content (AvgIpc) is 3.06. The lowest BCUT2D eigenvalue weighted by atomic mass is 10.1. The molecule has 1 aromatic carbocycles. The molecule has 5 heteroatoms. The van der Waals surface area contributed by atoms with Gasteiger partial charge in [0.15, 0.2) is 5.58 Å². The lowest BCUT2D eigenvalue weighted by molar-refractivity contribution is 0.528.